The summed E-state index contributed by atoms with van der Waals surface area (Å²) < 4.78 is 0.804. The molecule has 0 bridgehead atoms. The zero-order valence-corrected chi connectivity index (χ0v) is 14.0. The molecule has 1 heterocycles. The normalized spacial score (nSPS) is 11.4. The molecule has 0 radical (unpaired) electrons. The molecule has 3 nitrogen and oxygen atoms in total. The molecule has 1 N–H and O–H groups in total. The largest absolute Gasteiger partial charge is 0.340 e. The molecule has 20 heavy (non-hydrogen) atoms. The van der Waals surface area contributed by atoms with Crippen LogP contribution in [0.5, 0.6) is 0 Å². The van der Waals surface area contributed by atoms with Crippen LogP contribution in [-0.4, -0.2) is 9.97 Å². The number of aryl methyl sites for hydroxylation is 1. The fraction of sp³-hybridized carbons (Fsp3) is 0.375. The lowest BCUT2D eigenvalue weighted by Crippen LogP contribution is -2.10. The third-order valence-corrected chi connectivity index (χ3v) is 3.49. The van der Waals surface area contributed by atoms with Crippen LogP contribution in [-0.2, 0) is 11.8 Å². The van der Waals surface area contributed by atoms with E-state index in [9.17, 15) is 0 Å². The van der Waals surface area contributed by atoms with Gasteiger partial charge in [0.25, 0.3) is 0 Å². The van der Waals surface area contributed by atoms with E-state index < -0.39 is 0 Å². The Kier molecular flexibility index (Phi) is 4.43. The van der Waals surface area contributed by atoms with E-state index >= 15 is 0 Å². The first-order valence-electron chi connectivity index (χ1n) is 6.79. The predicted molar refractivity (Wildman–Crippen MR) is 87.5 cm³/mol. The van der Waals surface area contributed by atoms with Crippen LogP contribution in [0.15, 0.2) is 34.9 Å². The molecule has 0 amide bonds. The molecule has 1 aromatic carbocycles. The summed E-state index contributed by atoms with van der Waals surface area (Å²) in [4.78, 5) is 8.77. The lowest BCUT2D eigenvalue weighted by Gasteiger charge is -2.19. The molecule has 0 saturated carbocycles. The summed E-state index contributed by atoms with van der Waals surface area (Å²) >= 11 is 3.41. The second-order valence-electron chi connectivity index (χ2n) is 5.80. The first kappa shape index (κ1) is 15.0. The number of aromatic nitrogens is 2. The van der Waals surface area contributed by atoms with Crippen LogP contribution < -0.4 is 5.32 Å². The Labute approximate surface area is 129 Å². The minimum Gasteiger partial charge on any atom is -0.340 e. The van der Waals surface area contributed by atoms with Crippen molar-refractivity contribution in [2.75, 3.05) is 5.32 Å². The number of hydrogen-bond acceptors (Lipinski definition) is 3. The van der Waals surface area contributed by atoms with E-state index in [1.165, 1.54) is 5.56 Å². The number of rotatable bonds is 3. The van der Waals surface area contributed by atoms with Crippen LogP contribution in [0.25, 0.3) is 0 Å². The van der Waals surface area contributed by atoms with Gasteiger partial charge >= 0.3 is 0 Å². The summed E-state index contributed by atoms with van der Waals surface area (Å²) in [5.74, 6) is 1.64. The molecule has 0 atom stereocenters. The van der Waals surface area contributed by atoms with Gasteiger partial charge in [-0.15, -0.1) is 0 Å². The van der Waals surface area contributed by atoms with E-state index in [-0.39, 0.29) is 5.41 Å². The first-order valence-corrected chi connectivity index (χ1v) is 7.59. The van der Waals surface area contributed by atoms with Crippen molar-refractivity contribution in [2.45, 2.75) is 39.5 Å². The molecule has 0 aliphatic rings. The minimum absolute atomic E-state index is 0.172. The number of benzene rings is 1. The molecule has 106 valence electrons. The molecule has 0 aliphatic heterocycles. The van der Waals surface area contributed by atoms with Crippen molar-refractivity contribution in [3.63, 3.8) is 0 Å². The number of nitrogens with zero attached hydrogens (tertiary/aromatic N) is 2. The highest BCUT2D eigenvalue weighted by molar-refractivity contribution is 9.10. The van der Waals surface area contributed by atoms with E-state index in [2.05, 4.69) is 76.3 Å². The molecule has 2 aromatic rings. The maximum atomic E-state index is 4.47. The molecular weight excluding hydrogens is 314 g/mol. The Bertz CT molecular complexity index is 586. The molecule has 1 aromatic heterocycles. The highest BCUT2D eigenvalue weighted by atomic mass is 79.9. The van der Waals surface area contributed by atoms with Crippen molar-refractivity contribution in [1.29, 1.82) is 0 Å². The average molecular weight is 334 g/mol. The number of anilines is 2. The summed E-state index contributed by atoms with van der Waals surface area (Å²) in [6.07, 6.45) is 0.817. The van der Waals surface area contributed by atoms with E-state index in [0.717, 1.165) is 28.4 Å². The number of hydrogen-bond donors (Lipinski definition) is 1. The second-order valence-corrected chi connectivity index (χ2v) is 6.61. The average Bonchev–Trinajstić information content (AvgIpc) is 2.37. The van der Waals surface area contributed by atoms with Gasteiger partial charge in [-0.2, -0.15) is 0 Å². The monoisotopic (exact) mass is 333 g/mol. The van der Waals surface area contributed by atoms with Crippen molar-refractivity contribution in [2.24, 2.45) is 0 Å². The molecule has 0 saturated heterocycles. The Morgan fingerprint density at radius 1 is 1.10 bits per heavy atom. The van der Waals surface area contributed by atoms with Gasteiger partial charge in [0.1, 0.15) is 16.2 Å². The van der Waals surface area contributed by atoms with Gasteiger partial charge in [0.2, 0.25) is 0 Å². The van der Waals surface area contributed by atoms with Gasteiger partial charge in [-0.3, -0.25) is 0 Å². The summed E-state index contributed by atoms with van der Waals surface area (Å²) in [5, 5.41) is 3.32. The van der Waals surface area contributed by atoms with Crippen LogP contribution in [0, 0.1) is 0 Å². The lowest BCUT2D eigenvalue weighted by molar-refractivity contribution is 0.590. The highest BCUT2D eigenvalue weighted by Crippen LogP contribution is 2.25. The maximum Gasteiger partial charge on any atom is 0.135 e. The summed E-state index contributed by atoms with van der Waals surface area (Å²) in [6, 6.07) is 10.4. The third kappa shape index (κ3) is 3.79. The van der Waals surface area contributed by atoms with Crippen LogP contribution in [0.1, 0.15) is 39.1 Å². The molecule has 0 unspecified atom stereocenters. The standard InChI is InChI=1S/C16H20BrN3/c1-5-14-19-13(17)10-15(20-14)18-12-8-6-11(7-9-12)16(2,3)4/h6-10H,5H2,1-4H3,(H,18,19,20). The molecule has 4 heteroatoms. The van der Waals surface area contributed by atoms with E-state index in [0.29, 0.717) is 0 Å². The Hall–Kier alpha value is -1.42. The SMILES string of the molecule is CCc1nc(Br)cc(Nc2ccc(C(C)(C)C)cc2)n1. The van der Waals surface area contributed by atoms with Gasteiger partial charge in [0.05, 0.1) is 0 Å². The topological polar surface area (TPSA) is 37.8 Å². The summed E-state index contributed by atoms with van der Waals surface area (Å²) in [7, 11) is 0. The Morgan fingerprint density at radius 2 is 1.75 bits per heavy atom. The summed E-state index contributed by atoms with van der Waals surface area (Å²) in [5.41, 5.74) is 2.53. The van der Waals surface area contributed by atoms with Gasteiger partial charge in [0.15, 0.2) is 0 Å². The summed E-state index contributed by atoms with van der Waals surface area (Å²) in [6.45, 7) is 8.68. The minimum atomic E-state index is 0.172. The first-order chi connectivity index (χ1) is 9.38. The lowest BCUT2D eigenvalue weighted by atomic mass is 9.87. The van der Waals surface area contributed by atoms with E-state index in [4.69, 9.17) is 0 Å². The smallest absolute Gasteiger partial charge is 0.135 e. The van der Waals surface area contributed by atoms with Crippen LogP contribution >= 0.6 is 15.9 Å². The van der Waals surface area contributed by atoms with Gasteiger partial charge in [0, 0.05) is 18.2 Å². The molecule has 0 spiro atoms. The van der Waals surface area contributed by atoms with Gasteiger partial charge in [-0.25, -0.2) is 9.97 Å². The zero-order chi connectivity index (χ0) is 14.8. The maximum absolute atomic E-state index is 4.47. The van der Waals surface area contributed by atoms with Gasteiger partial charge in [-0.05, 0) is 39.0 Å². The van der Waals surface area contributed by atoms with Crippen LogP contribution in [0.4, 0.5) is 11.5 Å². The number of halogens is 1. The highest BCUT2D eigenvalue weighted by Gasteiger charge is 2.12. The van der Waals surface area contributed by atoms with E-state index in [1.54, 1.807) is 0 Å². The molecule has 2 rings (SSSR count). The molecular formula is C16H20BrN3. The fourth-order valence-corrected chi connectivity index (χ4v) is 2.31. The molecule has 0 aliphatic carbocycles. The Balaban J connectivity index is 2.20. The molecule has 0 fully saturated rings. The van der Waals surface area contributed by atoms with Gasteiger partial charge < -0.3 is 5.32 Å². The van der Waals surface area contributed by atoms with Crippen molar-refractivity contribution < 1.29 is 0 Å². The quantitative estimate of drug-likeness (QED) is 0.816. The fourth-order valence-electron chi connectivity index (χ4n) is 1.89. The number of nitrogens with one attached hydrogen (secondary N) is 1. The van der Waals surface area contributed by atoms with Crippen LogP contribution in [0.3, 0.4) is 0 Å². The van der Waals surface area contributed by atoms with Gasteiger partial charge in [-0.1, -0.05) is 39.8 Å². The third-order valence-electron chi connectivity index (χ3n) is 3.08. The van der Waals surface area contributed by atoms with Crippen LogP contribution in [0.2, 0.25) is 0 Å². The predicted octanol–water partition coefficient (Wildman–Crippen LogP) is 4.84. The van der Waals surface area contributed by atoms with Crippen molar-refractivity contribution in [1.82, 2.24) is 9.97 Å². The second kappa shape index (κ2) is 5.92. The zero-order valence-electron chi connectivity index (χ0n) is 12.4. The Morgan fingerprint density at radius 3 is 2.30 bits per heavy atom. The van der Waals surface area contributed by atoms with Crippen molar-refractivity contribution in [3.8, 4) is 0 Å². The van der Waals surface area contributed by atoms with Crippen molar-refractivity contribution >= 4 is 27.4 Å². The van der Waals surface area contributed by atoms with E-state index in [1.807, 2.05) is 13.0 Å². The van der Waals surface area contributed by atoms with Crippen molar-refractivity contribution in [3.05, 3.63) is 46.3 Å².